The second kappa shape index (κ2) is 6.18. The number of para-hydroxylation sites is 1. The summed E-state index contributed by atoms with van der Waals surface area (Å²) in [6, 6.07) is 6.52. The quantitative estimate of drug-likeness (QED) is 0.805. The predicted molar refractivity (Wildman–Crippen MR) is 81.7 cm³/mol. The van der Waals surface area contributed by atoms with Crippen LogP contribution in [-0.2, 0) is 0 Å². The van der Waals surface area contributed by atoms with Crippen LogP contribution in [0.4, 0.5) is 11.4 Å². The number of rotatable bonds is 4. The van der Waals surface area contributed by atoms with Gasteiger partial charge in [-0.15, -0.1) is 0 Å². The molecule has 0 radical (unpaired) electrons. The number of anilines is 2. The highest BCUT2D eigenvalue weighted by Gasteiger charge is 2.19. The lowest BCUT2D eigenvalue weighted by Crippen LogP contribution is -2.26. The number of hydrogen-bond donors (Lipinski definition) is 2. The minimum atomic E-state index is 0.146. The van der Waals surface area contributed by atoms with Gasteiger partial charge in [0.2, 0.25) is 0 Å². The molecule has 1 aliphatic carbocycles. The fourth-order valence-electron chi connectivity index (χ4n) is 2.81. The second-order valence-electron chi connectivity index (χ2n) is 6.00. The van der Waals surface area contributed by atoms with Crippen molar-refractivity contribution < 1.29 is 4.74 Å². The molecule has 2 atom stereocenters. The van der Waals surface area contributed by atoms with E-state index in [4.69, 9.17) is 10.5 Å². The lowest BCUT2D eigenvalue weighted by atomic mass is 9.87. The largest absolute Gasteiger partial charge is 0.489 e. The van der Waals surface area contributed by atoms with E-state index in [-0.39, 0.29) is 6.10 Å². The summed E-state index contributed by atoms with van der Waals surface area (Å²) in [5, 5.41) is 3.59. The van der Waals surface area contributed by atoms with Gasteiger partial charge in [0.15, 0.2) is 0 Å². The molecular formula is C16H26N2O. The summed E-state index contributed by atoms with van der Waals surface area (Å²) in [6.07, 6.45) is 5.27. The number of nitrogens with one attached hydrogen (secondary N) is 1. The highest BCUT2D eigenvalue weighted by Crippen LogP contribution is 2.33. The highest BCUT2D eigenvalue weighted by molar-refractivity contribution is 5.73. The van der Waals surface area contributed by atoms with E-state index in [0.29, 0.717) is 6.04 Å². The molecule has 0 bridgehead atoms. The van der Waals surface area contributed by atoms with Crippen LogP contribution < -0.4 is 15.8 Å². The van der Waals surface area contributed by atoms with E-state index in [9.17, 15) is 0 Å². The van der Waals surface area contributed by atoms with Crippen molar-refractivity contribution in [2.75, 3.05) is 11.1 Å². The molecule has 0 heterocycles. The third kappa shape index (κ3) is 3.79. The van der Waals surface area contributed by atoms with Gasteiger partial charge in [-0.25, -0.2) is 0 Å². The minimum absolute atomic E-state index is 0.146. The topological polar surface area (TPSA) is 47.3 Å². The fourth-order valence-corrected chi connectivity index (χ4v) is 2.81. The van der Waals surface area contributed by atoms with Crippen molar-refractivity contribution in [3.05, 3.63) is 18.2 Å². The van der Waals surface area contributed by atoms with Crippen LogP contribution in [0.2, 0.25) is 0 Å². The number of benzene rings is 1. The third-order valence-electron chi connectivity index (χ3n) is 3.72. The normalized spacial score (nSPS) is 23.4. The number of nitrogens with two attached hydrogens (primary N) is 1. The van der Waals surface area contributed by atoms with Gasteiger partial charge in [-0.05, 0) is 44.7 Å². The van der Waals surface area contributed by atoms with Crippen LogP contribution in [0.5, 0.6) is 5.75 Å². The average Bonchev–Trinajstić information content (AvgIpc) is 2.34. The smallest absolute Gasteiger partial charge is 0.144 e. The van der Waals surface area contributed by atoms with Crippen LogP contribution in [0.15, 0.2) is 18.2 Å². The molecule has 2 unspecified atom stereocenters. The van der Waals surface area contributed by atoms with Crippen molar-refractivity contribution in [1.82, 2.24) is 0 Å². The Labute approximate surface area is 116 Å². The van der Waals surface area contributed by atoms with Crippen LogP contribution in [0.25, 0.3) is 0 Å². The van der Waals surface area contributed by atoms with E-state index >= 15 is 0 Å². The van der Waals surface area contributed by atoms with E-state index in [1.165, 1.54) is 25.7 Å². The number of hydrogen-bond acceptors (Lipinski definition) is 3. The van der Waals surface area contributed by atoms with Gasteiger partial charge in [-0.1, -0.05) is 25.8 Å². The molecule has 2 rings (SSSR count). The Bertz CT molecular complexity index is 417. The molecule has 0 spiro atoms. The van der Waals surface area contributed by atoms with Gasteiger partial charge in [-0.2, -0.15) is 0 Å². The monoisotopic (exact) mass is 262 g/mol. The predicted octanol–water partition coefficient (Wildman–Crippen LogP) is 4.05. The molecule has 0 amide bonds. The van der Waals surface area contributed by atoms with Gasteiger partial charge < -0.3 is 15.8 Å². The lowest BCUT2D eigenvalue weighted by Gasteiger charge is -2.29. The maximum atomic E-state index is 6.20. The van der Waals surface area contributed by atoms with E-state index < -0.39 is 0 Å². The summed E-state index contributed by atoms with van der Waals surface area (Å²) >= 11 is 0. The molecule has 0 aromatic heterocycles. The first kappa shape index (κ1) is 14.0. The Morgan fingerprint density at radius 1 is 1.32 bits per heavy atom. The molecule has 19 heavy (non-hydrogen) atoms. The average molecular weight is 262 g/mol. The number of nitrogen functional groups attached to an aromatic ring is 1. The molecule has 3 N–H and O–H groups in total. The van der Waals surface area contributed by atoms with Gasteiger partial charge >= 0.3 is 0 Å². The van der Waals surface area contributed by atoms with Crippen molar-refractivity contribution >= 4 is 11.4 Å². The molecule has 106 valence electrons. The number of ether oxygens (including phenoxy) is 1. The molecule has 3 heteroatoms. The zero-order valence-electron chi connectivity index (χ0n) is 12.3. The summed E-state index contributed by atoms with van der Waals surface area (Å²) < 4.78 is 5.73. The Morgan fingerprint density at radius 2 is 2.11 bits per heavy atom. The summed E-state index contributed by atoms with van der Waals surface area (Å²) in [5.41, 5.74) is 7.94. The van der Waals surface area contributed by atoms with E-state index in [1.54, 1.807) is 0 Å². The maximum absolute atomic E-state index is 6.20. The minimum Gasteiger partial charge on any atom is -0.489 e. The Morgan fingerprint density at radius 3 is 2.79 bits per heavy atom. The molecule has 1 aromatic rings. The molecule has 1 saturated carbocycles. The van der Waals surface area contributed by atoms with Crippen LogP contribution in [0.3, 0.4) is 0 Å². The second-order valence-corrected chi connectivity index (χ2v) is 6.00. The molecule has 3 nitrogen and oxygen atoms in total. The summed E-state index contributed by atoms with van der Waals surface area (Å²) in [7, 11) is 0. The summed E-state index contributed by atoms with van der Waals surface area (Å²) in [4.78, 5) is 0. The highest BCUT2D eigenvalue weighted by atomic mass is 16.5. The Kier molecular flexibility index (Phi) is 4.56. The molecule has 1 aromatic carbocycles. The first-order valence-electron chi connectivity index (χ1n) is 7.38. The van der Waals surface area contributed by atoms with E-state index in [0.717, 1.165) is 23.0 Å². The molecule has 1 aliphatic rings. The summed E-state index contributed by atoms with van der Waals surface area (Å²) in [6.45, 7) is 6.36. The van der Waals surface area contributed by atoms with Gasteiger partial charge in [0, 0.05) is 6.04 Å². The first-order chi connectivity index (χ1) is 9.06. The van der Waals surface area contributed by atoms with Gasteiger partial charge in [0.1, 0.15) is 5.75 Å². The molecular weight excluding hydrogens is 236 g/mol. The zero-order chi connectivity index (χ0) is 13.8. The first-order valence-corrected chi connectivity index (χ1v) is 7.38. The van der Waals surface area contributed by atoms with Crippen LogP contribution in [-0.4, -0.2) is 12.1 Å². The van der Waals surface area contributed by atoms with Crippen molar-refractivity contribution in [3.8, 4) is 5.75 Å². The Balaban J connectivity index is 2.07. The van der Waals surface area contributed by atoms with Gasteiger partial charge in [0.05, 0.1) is 17.5 Å². The molecule has 1 fully saturated rings. The summed E-state index contributed by atoms with van der Waals surface area (Å²) in [5.74, 6) is 1.59. The zero-order valence-corrected chi connectivity index (χ0v) is 12.3. The van der Waals surface area contributed by atoms with Crippen LogP contribution in [0, 0.1) is 5.92 Å². The van der Waals surface area contributed by atoms with Crippen molar-refractivity contribution in [2.45, 2.75) is 58.6 Å². The SMILES string of the molecule is CC1CCCC(Nc2cccc(OC(C)C)c2N)C1. The van der Waals surface area contributed by atoms with E-state index in [1.807, 2.05) is 32.0 Å². The molecule has 0 aliphatic heterocycles. The van der Waals surface area contributed by atoms with Crippen LogP contribution in [0.1, 0.15) is 46.5 Å². The van der Waals surface area contributed by atoms with Crippen LogP contribution >= 0.6 is 0 Å². The Hall–Kier alpha value is -1.38. The standard InChI is InChI=1S/C16H26N2O/c1-11(2)19-15-9-5-8-14(16(15)17)18-13-7-4-6-12(3)10-13/h5,8-9,11-13,18H,4,6-7,10,17H2,1-3H3. The van der Waals surface area contributed by atoms with E-state index in [2.05, 4.69) is 12.2 Å². The van der Waals surface area contributed by atoms with Crippen molar-refractivity contribution in [3.63, 3.8) is 0 Å². The van der Waals surface area contributed by atoms with Crippen molar-refractivity contribution in [1.29, 1.82) is 0 Å². The van der Waals surface area contributed by atoms with Gasteiger partial charge in [-0.3, -0.25) is 0 Å². The molecule has 0 saturated heterocycles. The van der Waals surface area contributed by atoms with Crippen molar-refractivity contribution in [2.24, 2.45) is 5.92 Å². The fraction of sp³-hybridized carbons (Fsp3) is 0.625. The van der Waals surface area contributed by atoms with Gasteiger partial charge in [0.25, 0.3) is 0 Å². The maximum Gasteiger partial charge on any atom is 0.144 e. The lowest BCUT2D eigenvalue weighted by molar-refractivity contribution is 0.244. The third-order valence-corrected chi connectivity index (χ3v) is 3.72.